The summed E-state index contributed by atoms with van der Waals surface area (Å²) in [6.45, 7) is 5.75. The first kappa shape index (κ1) is 11.4. The molecule has 0 spiro atoms. The molecule has 0 amide bonds. The van der Waals surface area contributed by atoms with Gasteiger partial charge in [-0.05, 0) is 57.8 Å². The lowest BCUT2D eigenvalue weighted by molar-refractivity contribution is -0.0119. The maximum atomic E-state index is 10.4. The molecule has 0 aromatic heterocycles. The molecule has 2 aliphatic rings. The van der Waals surface area contributed by atoms with Crippen molar-refractivity contribution in [2.75, 3.05) is 0 Å². The summed E-state index contributed by atoms with van der Waals surface area (Å²) >= 11 is 0. The highest BCUT2D eigenvalue weighted by atomic mass is 16.3. The molecule has 4 unspecified atom stereocenters. The van der Waals surface area contributed by atoms with Crippen LogP contribution >= 0.6 is 0 Å². The van der Waals surface area contributed by atoms with Gasteiger partial charge in [0.05, 0.1) is 11.2 Å². The summed E-state index contributed by atoms with van der Waals surface area (Å²) in [7, 11) is 0. The van der Waals surface area contributed by atoms with Gasteiger partial charge in [0.1, 0.15) is 0 Å². The van der Waals surface area contributed by atoms with Crippen LogP contribution in [0.1, 0.15) is 52.9 Å². The van der Waals surface area contributed by atoms with Gasteiger partial charge in [-0.2, -0.15) is 0 Å². The Morgan fingerprint density at radius 2 is 1.80 bits per heavy atom. The van der Waals surface area contributed by atoms with E-state index in [-0.39, 0.29) is 5.92 Å². The van der Waals surface area contributed by atoms with Gasteiger partial charge in [0.2, 0.25) is 0 Å². The summed E-state index contributed by atoms with van der Waals surface area (Å²) in [5.74, 6) is 1.23. The number of hydrogen-bond donors (Lipinski definition) is 2. The van der Waals surface area contributed by atoms with Crippen LogP contribution in [0.5, 0.6) is 0 Å². The lowest BCUT2D eigenvalue weighted by Gasteiger charge is -2.36. The first-order valence-electron chi connectivity index (χ1n) is 6.27. The maximum absolute atomic E-state index is 10.4. The Hall–Kier alpha value is -0.0800. The molecule has 2 heteroatoms. The molecule has 0 aromatic rings. The molecule has 4 atom stereocenters. The minimum absolute atomic E-state index is 0.276. The third-order valence-electron chi connectivity index (χ3n) is 4.68. The Morgan fingerprint density at radius 1 is 1.20 bits per heavy atom. The second kappa shape index (κ2) is 3.46. The van der Waals surface area contributed by atoms with Crippen molar-refractivity contribution < 1.29 is 10.2 Å². The molecule has 2 saturated carbocycles. The molecule has 0 aliphatic heterocycles. The largest absolute Gasteiger partial charge is 0.390 e. The molecule has 2 N–H and O–H groups in total. The first-order chi connectivity index (χ1) is 6.82. The Morgan fingerprint density at radius 3 is 2.40 bits per heavy atom. The quantitative estimate of drug-likeness (QED) is 0.700. The normalized spacial score (nSPS) is 46.6. The molecule has 0 bridgehead atoms. The number of hydrogen-bond acceptors (Lipinski definition) is 2. The molecule has 2 rings (SSSR count). The summed E-state index contributed by atoms with van der Waals surface area (Å²) in [6, 6.07) is 0. The number of fused-ring (bicyclic) bond motifs is 1. The van der Waals surface area contributed by atoms with Gasteiger partial charge in [0, 0.05) is 0 Å². The number of aliphatic hydroxyl groups is 2. The molecule has 2 nitrogen and oxygen atoms in total. The minimum atomic E-state index is -0.638. The SMILES string of the molecule is CC(C)(O)C1CC(C)(O)C2CCCCC12. The van der Waals surface area contributed by atoms with Crippen molar-refractivity contribution in [3.8, 4) is 0 Å². The highest BCUT2D eigenvalue weighted by molar-refractivity contribution is 5.04. The maximum Gasteiger partial charge on any atom is 0.0654 e. The van der Waals surface area contributed by atoms with Crippen molar-refractivity contribution in [1.82, 2.24) is 0 Å². The van der Waals surface area contributed by atoms with E-state index in [1.165, 1.54) is 19.3 Å². The molecular weight excluding hydrogens is 188 g/mol. The molecule has 0 radical (unpaired) electrons. The summed E-state index contributed by atoms with van der Waals surface area (Å²) in [4.78, 5) is 0. The van der Waals surface area contributed by atoms with Crippen molar-refractivity contribution in [1.29, 1.82) is 0 Å². The van der Waals surface area contributed by atoms with Crippen LogP contribution in [0.3, 0.4) is 0 Å². The van der Waals surface area contributed by atoms with Gasteiger partial charge < -0.3 is 10.2 Å². The van der Waals surface area contributed by atoms with Gasteiger partial charge in [-0.25, -0.2) is 0 Å². The Balaban J connectivity index is 2.23. The average Bonchev–Trinajstić information content (AvgIpc) is 2.39. The predicted octanol–water partition coefficient (Wildman–Crippen LogP) is 2.33. The van der Waals surface area contributed by atoms with E-state index >= 15 is 0 Å². The molecule has 0 saturated heterocycles. The molecule has 15 heavy (non-hydrogen) atoms. The van der Waals surface area contributed by atoms with Gasteiger partial charge in [0.25, 0.3) is 0 Å². The lowest BCUT2D eigenvalue weighted by Crippen LogP contribution is -2.36. The zero-order chi connectivity index (χ0) is 11.3. The zero-order valence-electron chi connectivity index (χ0n) is 10.2. The fraction of sp³-hybridized carbons (Fsp3) is 1.00. The standard InChI is InChI=1S/C13H24O2/c1-12(2,14)11-8-13(3,15)10-7-5-4-6-9(10)11/h9-11,14-15H,4-8H2,1-3H3. The summed E-state index contributed by atoms with van der Waals surface area (Å²) in [5.41, 5.74) is -1.18. The highest BCUT2D eigenvalue weighted by Crippen LogP contribution is 2.54. The van der Waals surface area contributed by atoms with Crippen LogP contribution in [0, 0.1) is 17.8 Å². The van der Waals surface area contributed by atoms with E-state index < -0.39 is 11.2 Å². The van der Waals surface area contributed by atoms with E-state index in [9.17, 15) is 10.2 Å². The number of rotatable bonds is 1. The molecule has 2 aliphatic carbocycles. The van der Waals surface area contributed by atoms with Crippen LogP contribution in [0.15, 0.2) is 0 Å². The van der Waals surface area contributed by atoms with Crippen molar-refractivity contribution >= 4 is 0 Å². The highest BCUT2D eigenvalue weighted by Gasteiger charge is 2.53. The Bertz CT molecular complexity index is 239. The molecule has 2 fully saturated rings. The van der Waals surface area contributed by atoms with Crippen LogP contribution in [-0.2, 0) is 0 Å². The fourth-order valence-electron chi connectivity index (χ4n) is 3.93. The van der Waals surface area contributed by atoms with E-state index in [4.69, 9.17) is 0 Å². The zero-order valence-corrected chi connectivity index (χ0v) is 10.2. The second-order valence-electron chi connectivity index (χ2n) is 6.38. The van der Waals surface area contributed by atoms with Gasteiger partial charge in [0.15, 0.2) is 0 Å². The fourth-order valence-corrected chi connectivity index (χ4v) is 3.93. The summed E-state index contributed by atoms with van der Waals surface area (Å²) in [6.07, 6.45) is 5.62. The average molecular weight is 212 g/mol. The second-order valence-corrected chi connectivity index (χ2v) is 6.38. The summed E-state index contributed by atoms with van der Waals surface area (Å²) < 4.78 is 0. The van der Waals surface area contributed by atoms with Crippen LogP contribution in [0.4, 0.5) is 0 Å². The molecular formula is C13H24O2. The van der Waals surface area contributed by atoms with Crippen molar-refractivity contribution in [3.63, 3.8) is 0 Å². The van der Waals surface area contributed by atoms with E-state index in [1.54, 1.807) is 0 Å². The van der Waals surface area contributed by atoms with E-state index in [2.05, 4.69) is 0 Å². The van der Waals surface area contributed by atoms with Crippen LogP contribution < -0.4 is 0 Å². The van der Waals surface area contributed by atoms with Crippen molar-refractivity contribution in [2.45, 2.75) is 64.1 Å². The third-order valence-corrected chi connectivity index (χ3v) is 4.68. The Kier molecular flexibility index (Phi) is 2.63. The monoisotopic (exact) mass is 212 g/mol. The summed E-state index contributed by atoms with van der Waals surface area (Å²) in [5, 5.41) is 20.6. The first-order valence-corrected chi connectivity index (χ1v) is 6.27. The molecule has 0 heterocycles. The van der Waals surface area contributed by atoms with Crippen molar-refractivity contribution in [2.24, 2.45) is 17.8 Å². The third kappa shape index (κ3) is 1.94. The van der Waals surface area contributed by atoms with E-state index in [1.807, 2.05) is 20.8 Å². The van der Waals surface area contributed by atoms with Crippen LogP contribution in [0.2, 0.25) is 0 Å². The predicted molar refractivity (Wildman–Crippen MR) is 60.5 cm³/mol. The lowest BCUT2D eigenvalue weighted by atomic mass is 9.72. The van der Waals surface area contributed by atoms with Gasteiger partial charge in [-0.15, -0.1) is 0 Å². The van der Waals surface area contributed by atoms with Gasteiger partial charge in [-0.3, -0.25) is 0 Å². The minimum Gasteiger partial charge on any atom is -0.390 e. The van der Waals surface area contributed by atoms with Gasteiger partial charge >= 0.3 is 0 Å². The van der Waals surface area contributed by atoms with Gasteiger partial charge in [-0.1, -0.05) is 12.8 Å². The van der Waals surface area contributed by atoms with Crippen LogP contribution in [0.25, 0.3) is 0 Å². The van der Waals surface area contributed by atoms with Crippen LogP contribution in [-0.4, -0.2) is 21.4 Å². The Labute approximate surface area is 92.7 Å². The van der Waals surface area contributed by atoms with E-state index in [0.717, 1.165) is 12.8 Å². The topological polar surface area (TPSA) is 40.5 Å². The smallest absolute Gasteiger partial charge is 0.0654 e. The van der Waals surface area contributed by atoms with E-state index in [0.29, 0.717) is 11.8 Å². The molecule has 0 aromatic carbocycles. The molecule has 88 valence electrons. The van der Waals surface area contributed by atoms with Crippen molar-refractivity contribution in [3.05, 3.63) is 0 Å².